The number of hydrogen-bond acceptors (Lipinski definition) is 4. The van der Waals surface area contributed by atoms with E-state index in [2.05, 4.69) is 15.2 Å². The predicted octanol–water partition coefficient (Wildman–Crippen LogP) is 1.08. The van der Waals surface area contributed by atoms with Gasteiger partial charge in [-0.15, -0.1) is 0 Å². The molecule has 2 fully saturated rings. The van der Waals surface area contributed by atoms with Gasteiger partial charge in [-0.25, -0.2) is 9.78 Å². The zero-order valence-corrected chi connectivity index (χ0v) is 14.1. The molecule has 1 N–H and O–H groups in total. The number of rotatable bonds is 3. The third kappa shape index (κ3) is 4.36. The van der Waals surface area contributed by atoms with Crippen molar-refractivity contribution < 1.29 is 22.8 Å². The Kier molecular flexibility index (Phi) is 5.19. The number of carbonyl (C=O) groups is 2. The molecule has 7 nitrogen and oxygen atoms in total. The molecule has 0 radical (unpaired) electrons. The normalized spacial score (nSPS) is 21.3. The minimum atomic E-state index is -4.43. The van der Waals surface area contributed by atoms with Crippen LogP contribution in [-0.2, 0) is 4.79 Å². The summed E-state index contributed by atoms with van der Waals surface area (Å²) < 4.78 is 37.3. The number of urea groups is 1. The average Bonchev–Trinajstić information content (AvgIpc) is 2.94. The number of amides is 3. The minimum absolute atomic E-state index is 0.00323. The van der Waals surface area contributed by atoms with Gasteiger partial charge in [-0.1, -0.05) is 6.07 Å². The Bertz CT molecular complexity index is 647. The van der Waals surface area contributed by atoms with Crippen LogP contribution in [0.4, 0.5) is 23.8 Å². The molecule has 1 aromatic rings. The first kappa shape index (κ1) is 18.3. The summed E-state index contributed by atoms with van der Waals surface area (Å²) in [6, 6.07) is 4.30. The Labute approximate surface area is 148 Å². The van der Waals surface area contributed by atoms with Crippen molar-refractivity contribution in [3.63, 3.8) is 0 Å². The molecule has 3 amide bonds. The average molecular weight is 371 g/mol. The maximum Gasteiger partial charge on any atom is 0.406 e. The third-order valence-electron chi connectivity index (χ3n) is 4.51. The number of anilines is 1. The van der Waals surface area contributed by atoms with Crippen LogP contribution in [0.15, 0.2) is 24.4 Å². The van der Waals surface area contributed by atoms with E-state index in [9.17, 15) is 22.8 Å². The van der Waals surface area contributed by atoms with Gasteiger partial charge in [0.25, 0.3) is 0 Å². The number of pyridine rings is 1. The molecule has 0 aliphatic carbocycles. The number of hydrogen-bond donors (Lipinski definition) is 1. The van der Waals surface area contributed by atoms with Gasteiger partial charge in [-0.3, -0.25) is 4.79 Å². The first-order chi connectivity index (χ1) is 12.3. The lowest BCUT2D eigenvalue weighted by atomic mass is 10.2. The largest absolute Gasteiger partial charge is 0.406 e. The van der Waals surface area contributed by atoms with E-state index in [1.165, 1.54) is 0 Å². The number of piperazine rings is 1. The van der Waals surface area contributed by atoms with E-state index in [1.54, 1.807) is 11.1 Å². The molecular formula is C16H20F3N5O2. The van der Waals surface area contributed by atoms with Gasteiger partial charge < -0.3 is 20.0 Å². The third-order valence-corrected chi connectivity index (χ3v) is 4.51. The number of halogens is 3. The lowest BCUT2D eigenvalue weighted by Gasteiger charge is -2.35. The van der Waals surface area contributed by atoms with Gasteiger partial charge in [0.15, 0.2) is 0 Å². The van der Waals surface area contributed by atoms with E-state index in [1.807, 2.05) is 18.2 Å². The fourth-order valence-corrected chi connectivity index (χ4v) is 3.17. The number of likely N-dealkylation sites (tertiary alicyclic amines) is 1. The lowest BCUT2D eigenvalue weighted by Crippen LogP contribution is -2.54. The Balaban J connectivity index is 1.48. The van der Waals surface area contributed by atoms with Crippen LogP contribution in [0.1, 0.15) is 6.42 Å². The molecule has 142 valence electrons. The number of alkyl halides is 3. The molecule has 0 bridgehead atoms. The molecule has 0 spiro atoms. The van der Waals surface area contributed by atoms with Crippen molar-refractivity contribution in [3.8, 4) is 0 Å². The van der Waals surface area contributed by atoms with Crippen LogP contribution in [-0.4, -0.2) is 78.2 Å². The van der Waals surface area contributed by atoms with E-state index >= 15 is 0 Å². The van der Waals surface area contributed by atoms with E-state index in [4.69, 9.17) is 0 Å². The van der Waals surface area contributed by atoms with Gasteiger partial charge in [-0.2, -0.15) is 13.2 Å². The van der Waals surface area contributed by atoms with Gasteiger partial charge >= 0.3 is 12.2 Å². The summed E-state index contributed by atoms with van der Waals surface area (Å²) in [5.41, 5.74) is 0. The molecule has 0 aromatic carbocycles. The van der Waals surface area contributed by atoms with Gasteiger partial charge in [0.05, 0.1) is 0 Å². The van der Waals surface area contributed by atoms with Crippen LogP contribution >= 0.6 is 0 Å². The summed E-state index contributed by atoms with van der Waals surface area (Å²) in [4.78, 5) is 33.0. The molecule has 26 heavy (non-hydrogen) atoms. The van der Waals surface area contributed by atoms with Crippen LogP contribution in [0, 0.1) is 0 Å². The Morgan fingerprint density at radius 3 is 2.54 bits per heavy atom. The van der Waals surface area contributed by atoms with Crippen LogP contribution in [0.25, 0.3) is 0 Å². The van der Waals surface area contributed by atoms with Gasteiger partial charge in [0.1, 0.15) is 18.4 Å². The molecular weight excluding hydrogens is 351 g/mol. The van der Waals surface area contributed by atoms with Crippen molar-refractivity contribution in [3.05, 3.63) is 24.4 Å². The quantitative estimate of drug-likeness (QED) is 0.863. The lowest BCUT2D eigenvalue weighted by molar-refractivity contribution is -0.157. The number of carbonyl (C=O) groups excluding carboxylic acids is 2. The SMILES string of the molecule is O=C(NC1CCN(CC(F)(F)F)C1=O)N1CCN(c2ccccn2)CC1. The smallest absolute Gasteiger partial charge is 0.353 e. The maximum absolute atomic E-state index is 12.4. The second-order valence-electron chi connectivity index (χ2n) is 6.33. The minimum Gasteiger partial charge on any atom is -0.353 e. The highest BCUT2D eigenvalue weighted by atomic mass is 19.4. The Hall–Kier alpha value is -2.52. The molecule has 2 aliphatic rings. The number of aromatic nitrogens is 1. The standard InChI is InChI=1S/C16H20F3N5O2/c17-16(18,19)11-24-6-4-12(14(24)25)21-15(26)23-9-7-22(8-10-23)13-3-1-2-5-20-13/h1-3,5,12H,4,6-11H2,(H,21,26). The van der Waals surface area contributed by atoms with E-state index < -0.39 is 30.7 Å². The molecule has 2 saturated heterocycles. The van der Waals surface area contributed by atoms with Crippen LogP contribution in [0.5, 0.6) is 0 Å². The molecule has 1 aromatic heterocycles. The zero-order chi connectivity index (χ0) is 18.7. The van der Waals surface area contributed by atoms with Crippen molar-refractivity contribution in [1.82, 2.24) is 20.1 Å². The van der Waals surface area contributed by atoms with Gasteiger partial charge in [0, 0.05) is 38.9 Å². The van der Waals surface area contributed by atoms with Crippen molar-refractivity contribution in [1.29, 1.82) is 0 Å². The van der Waals surface area contributed by atoms with Crippen molar-refractivity contribution in [2.45, 2.75) is 18.6 Å². The van der Waals surface area contributed by atoms with Crippen LogP contribution in [0.2, 0.25) is 0 Å². The Morgan fingerprint density at radius 1 is 1.19 bits per heavy atom. The summed E-state index contributed by atoms with van der Waals surface area (Å²) in [6.07, 6.45) is -2.54. The second kappa shape index (κ2) is 7.38. The van der Waals surface area contributed by atoms with E-state index in [0.29, 0.717) is 26.2 Å². The summed E-state index contributed by atoms with van der Waals surface area (Å²) in [5, 5.41) is 2.56. The predicted molar refractivity (Wildman–Crippen MR) is 87.6 cm³/mol. The number of nitrogens with zero attached hydrogens (tertiary/aromatic N) is 4. The molecule has 1 atom stereocenters. The van der Waals surface area contributed by atoms with Gasteiger partial charge in [0.2, 0.25) is 5.91 Å². The molecule has 3 rings (SSSR count). The van der Waals surface area contributed by atoms with Crippen molar-refractivity contribution in [2.24, 2.45) is 0 Å². The first-order valence-corrected chi connectivity index (χ1v) is 8.40. The fraction of sp³-hybridized carbons (Fsp3) is 0.562. The van der Waals surface area contributed by atoms with Crippen molar-refractivity contribution in [2.75, 3.05) is 44.2 Å². The highest BCUT2D eigenvalue weighted by Gasteiger charge is 2.40. The highest BCUT2D eigenvalue weighted by molar-refractivity contribution is 5.88. The summed E-state index contributed by atoms with van der Waals surface area (Å²) in [6.45, 7) is 0.829. The van der Waals surface area contributed by atoms with Crippen LogP contribution < -0.4 is 10.2 Å². The molecule has 0 saturated carbocycles. The fourth-order valence-electron chi connectivity index (χ4n) is 3.17. The molecule has 10 heteroatoms. The van der Waals surface area contributed by atoms with Crippen LogP contribution in [0.3, 0.4) is 0 Å². The van der Waals surface area contributed by atoms with Crippen molar-refractivity contribution >= 4 is 17.8 Å². The Morgan fingerprint density at radius 2 is 1.92 bits per heavy atom. The molecule has 1 unspecified atom stereocenters. The zero-order valence-electron chi connectivity index (χ0n) is 14.1. The first-order valence-electron chi connectivity index (χ1n) is 8.40. The van der Waals surface area contributed by atoms with Gasteiger partial charge in [-0.05, 0) is 18.6 Å². The summed E-state index contributed by atoms with van der Waals surface area (Å²) in [5.74, 6) is 0.157. The topological polar surface area (TPSA) is 68.8 Å². The highest BCUT2D eigenvalue weighted by Crippen LogP contribution is 2.21. The van der Waals surface area contributed by atoms with E-state index in [-0.39, 0.29) is 13.0 Å². The summed E-state index contributed by atoms with van der Waals surface area (Å²) in [7, 11) is 0. The molecule has 2 aliphatic heterocycles. The summed E-state index contributed by atoms with van der Waals surface area (Å²) >= 11 is 0. The number of nitrogens with one attached hydrogen (secondary N) is 1. The molecule has 3 heterocycles. The van der Waals surface area contributed by atoms with E-state index in [0.717, 1.165) is 10.7 Å². The monoisotopic (exact) mass is 371 g/mol. The maximum atomic E-state index is 12.4. The second-order valence-corrected chi connectivity index (χ2v) is 6.33.